The molecule has 1 amide bonds. The number of amides is 1. The predicted octanol–water partition coefficient (Wildman–Crippen LogP) is 4.71. The van der Waals surface area contributed by atoms with Crippen LogP contribution in [0.25, 0.3) is 16.6 Å². The Balaban J connectivity index is 1.77. The summed E-state index contributed by atoms with van der Waals surface area (Å²) in [6, 6.07) is 27.2. The lowest BCUT2D eigenvalue weighted by Crippen LogP contribution is -2.30. The van der Waals surface area contributed by atoms with E-state index in [1.54, 1.807) is 12.1 Å². The molecular formula is C22H16N2OS. The molecule has 3 nitrogen and oxygen atoms in total. The number of fused-ring (bicyclic) bond motifs is 1. The number of nitrogens with one attached hydrogen (secondary N) is 1. The highest BCUT2D eigenvalue weighted by Crippen LogP contribution is 2.28. The average Bonchev–Trinajstić information content (AvgIpc) is 3.09. The van der Waals surface area contributed by atoms with Crippen molar-refractivity contribution >= 4 is 28.6 Å². The Bertz CT molecular complexity index is 1090. The van der Waals surface area contributed by atoms with Gasteiger partial charge in [-0.3, -0.25) is 4.79 Å². The Kier molecular flexibility index (Phi) is 4.33. The first-order valence-corrected chi connectivity index (χ1v) is 8.71. The van der Waals surface area contributed by atoms with Gasteiger partial charge >= 0.3 is 0 Å². The molecule has 26 heavy (non-hydrogen) atoms. The Hall–Kier alpha value is -3.24. The average molecular weight is 356 g/mol. The van der Waals surface area contributed by atoms with Gasteiger partial charge in [0.15, 0.2) is 0 Å². The lowest BCUT2D eigenvalue weighted by molar-refractivity contribution is 0.0978. The van der Waals surface area contributed by atoms with Crippen LogP contribution in [0.3, 0.4) is 0 Å². The molecule has 0 spiro atoms. The van der Waals surface area contributed by atoms with Crippen LogP contribution in [0, 0.1) is 0 Å². The zero-order chi connectivity index (χ0) is 17.9. The number of aromatic nitrogens is 1. The van der Waals surface area contributed by atoms with Crippen LogP contribution >= 0.6 is 12.2 Å². The molecule has 0 aliphatic heterocycles. The molecule has 2 aromatic heterocycles. The number of nitrogens with zero attached hydrogens (tertiary/aromatic N) is 1. The molecule has 0 unspecified atom stereocenters. The fourth-order valence-electron chi connectivity index (χ4n) is 3.02. The Morgan fingerprint density at radius 1 is 0.846 bits per heavy atom. The van der Waals surface area contributed by atoms with Crippen LogP contribution in [-0.2, 0) is 0 Å². The van der Waals surface area contributed by atoms with E-state index in [1.165, 1.54) is 0 Å². The molecule has 0 saturated heterocycles. The second kappa shape index (κ2) is 6.94. The highest BCUT2D eigenvalue weighted by atomic mass is 32.1. The molecule has 0 aliphatic carbocycles. The number of rotatable bonds is 3. The maximum atomic E-state index is 12.5. The van der Waals surface area contributed by atoms with E-state index in [9.17, 15) is 4.79 Å². The molecule has 4 aromatic rings. The van der Waals surface area contributed by atoms with Gasteiger partial charge in [0.25, 0.3) is 5.91 Å². The third-order valence-corrected chi connectivity index (χ3v) is 4.54. The maximum absolute atomic E-state index is 12.5. The zero-order valence-corrected chi connectivity index (χ0v) is 14.7. The van der Waals surface area contributed by atoms with Crippen LogP contribution in [-0.4, -0.2) is 15.3 Å². The summed E-state index contributed by atoms with van der Waals surface area (Å²) in [5.41, 5.74) is 4.47. The van der Waals surface area contributed by atoms with Crippen molar-refractivity contribution in [1.82, 2.24) is 9.72 Å². The van der Waals surface area contributed by atoms with E-state index in [0.717, 1.165) is 22.3 Å². The Labute approximate surface area is 156 Å². The highest BCUT2D eigenvalue weighted by molar-refractivity contribution is 7.80. The number of hydrogen-bond donors (Lipinski definition) is 1. The number of pyridine rings is 1. The van der Waals surface area contributed by atoms with Crippen molar-refractivity contribution in [3.8, 4) is 11.1 Å². The fraction of sp³-hybridized carbons (Fsp3) is 0. The van der Waals surface area contributed by atoms with E-state index in [4.69, 9.17) is 12.2 Å². The summed E-state index contributed by atoms with van der Waals surface area (Å²) in [4.78, 5) is 12.9. The molecule has 126 valence electrons. The van der Waals surface area contributed by atoms with Crippen LogP contribution in [0.1, 0.15) is 16.1 Å². The lowest BCUT2D eigenvalue weighted by atomic mass is 10.1. The van der Waals surface area contributed by atoms with Gasteiger partial charge in [0, 0.05) is 22.8 Å². The van der Waals surface area contributed by atoms with Crippen LogP contribution < -0.4 is 5.32 Å². The number of carbonyl (C=O) groups excluding carboxylic acids is 1. The molecule has 0 bridgehead atoms. The molecule has 1 N–H and O–H groups in total. The summed E-state index contributed by atoms with van der Waals surface area (Å²) in [6.45, 7) is 0. The van der Waals surface area contributed by atoms with Gasteiger partial charge < -0.3 is 9.72 Å². The first-order valence-electron chi connectivity index (χ1n) is 8.30. The minimum Gasteiger partial charge on any atom is -0.314 e. The van der Waals surface area contributed by atoms with E-state index >= 15 is 0 Å². The van der Waals surface area contributed by atoms with Crippen molar-refractivity contribution in [1.29, 1.82) is 0 Å². The molecule has 2 heterocycles. The molecule has 2 aromatic carbocycles. The minimum atomic E-state index is -0.208. The predicted molar refractivity (Wildman–Crippen MR) is 108 cm³/mol. The van der Waals surface area contributed by atoms with E-state index in [2.05, 4.69) is 11.4 Å². The van der Waals surface area contributed by atoms with Crippen molar-refractivity contribution in [2.45, 2.75) is 0 Å². The van der Waals surface area contributed by atoms with E-state index in [0.29, 0.717) is 10.6 Å². The number of thiocarbonyl (C=S) groups is 1. The van der Waals surface area contributed by atoms with Crippen molar-refractivity contribution in [3.63, 3.8) is 0 Å². The molecule has 0 fully saturated rings. The van der Waals surface area contributed by atoms with Gasteiger partial charge in [0.2, 0.25) is 0 Å². The summed E-state index contributed by atoms with van der Waals surface area (Å²) in [5.74, 6) is -0.208. The van der Waals surface area contributed by atoms with Crippen molar-refractivity contribution in [2.75, 3.05) is 0 Å². The summed E-state index contributed by atoms with van der Waals surface area (Å²) in [7, 11) is 0. The SMILES string of the molecule is O=C(NC(=S)c1c(-c2ccccc2)cc2ccccn12)c1ccccc1. The van der Waals surface area contributed by atoms with Crippen LogP contribution in [0.5, 0.6) is 0 Å². The third kappa shape index (κ3) is 3.03. The van der Waals surface area contributed by atoms with E-state index in [-0.39, 0.29) is 5.91 Å². The van der Waals surface area contributed by atoms with E-state index < -0.39 is 0 Å². The topological polar surface area (TPSA) is 33.5 Å². The van der Waals surface area contributed by atoms with Gasteiger partial charge in [-0.05, 0) is 35.9 Å². The minimum absolute atomic E-state index is 0.208. The van der Waals surface area contributed by atoms with Crippen LogP contribution in [0.2, 0.25) is 0 Å². The van der Waals surface area contributed by atoms with Crippen molar-refractivity contribution in [3.05, 3.63) is 102 Å². The summed E-state index contributed by atoms with van der Waals surface area (Å²) < 4.78 is 2.01. The lowest BCUT2D eigenvalue weighted by Gasteiger charge is -2.10. The Morgan fingerprint density at radius 3 is 2.23 bits per heavy atom. The summed E-state index contributed by atoms with van der Waals surface area (Å²) in [6.07, 6.45) is 1.96. The largest absolute Gasteiger partial charge is 0.314 e. The van der Waals surface area contributed by atoms with Crippen molar-refractivity contribution in [2.24, 2.45) is 0 Å². The number of benzene rings is 2. The van der Waals surface area contributed by atoms with Gasteiger partial charge in [0.05, 0.1) is 5.69 Å². The standard InChI is InChI=1S/C22H16N2OS/c25-21(17-11-5-2-6-12-17)23-22(26)20-19(16-9-3-1-4-10-16)15-18-13-7-8-14-24(18)20/h1-15H,(H,23,25,26). The quantitative estimate of drug-likeness (QED) is 0.539. The molecule has 4 rings (SSSR count). The number of carbonyl (C=O) groups is 1. The fourth-order valence-corrected chi connectivity index (χ4v) is 3.32. The van der Waals surface area contributed by atoms with Crippen molar-refractivity contribution < 1.29 is 4.79 Å². The van der Waals surface area contributed by atoms with Gasteiger partial charge in [0.1, 0.15) is 4.99 Å². The summed E-state index contributed by atoms with van der Waals surface area (Å²) in [5, 5.41) is 2.87. The first kappa shape index (κ1) is 16.2. The molecule has 0 atom stereocenters. The van der Waals surface area contributed by atoms with Gasteiger partial charge in [-0.25, -0.2) is 0 Å². The monoisotopic (exact) mass is 356 g/mol. The second-order valence-corrected chi connectivity index (χ2v) is 6.33. The smallest absolute Gasteiger partial charge is 0.256 e. The summed E-state index contributed by atoms with van der Waals surface area (Å²) >= 11 is 5.61. The number of hydrogen-bond acceptors (Lipinski definition) is 2. The van der Waals surface area contributed by atoms with Crippen LogP contribution in [0.15, 0.2) is 91.1 Å². The normalized spacial score (nSPS) is 10.6. The second-order valence-electron chi connectivity index (χ2n) is 5.92. The molecule has 0 radical (unpaired) electrons. The molecule has 0 saturated carbocycles. The van der Waals surface area contributed by atoms with Gasteiger partial charge in [-0.2, -0.15) is 0 Å². The molecular weight excluding hydrogens is 340 g/mol. The third-order valence-electron chi connectivity index (χ3n) is 4.24. The molecule has 0 aliphatic rings. The zero-order valence-electron chi connectivity index (χ0n) is 13.9. The van der Waals surface area contributed by atoms with Gasteiger partial charge in [-0.1, -0.05) is 66.8 Å². The molecule has 4 heteroatoms. The maximum Gasteiger partial charge on any atom is 0.256 e. The van der Waals surface area contributed by atoms with Gasteiger partial charge in [-0.15, -0.1) is 0 Å². The highest BCUT2D eigenvalue weighted by Gasteiger charge is 2.18. The first-order chi connectivity index (χ1) is 12.7. The van der Waals surface area contributed by atoms with Crippen LogP contribution in [0.4, 0.5) is 0 Å². The Morgan fingerprint density at radius 2 is 1.50 bits per heavy atom. The van der Waals surface area contributed by atoms with E-state index in [1.807, 2.05) is 77.3 Å².